The zero-order valence-corrected chi connectivity index (χ0v) is 11.3. The number of rotatable bonds is 5. The van der Waals surface area contributed by atoms with Gasteiger partial charge in [0.15, 0.2) is 0 Å². The lowest BCUT2D eigenvalue weighted by molar-refractivity contribution is 0.379. The summed E-state index contributed by atoms with van der Waals surface area (Å²) in [4.78, 5) is 8.36. The quantitative estimate of drug-likeness (QED) is 0.873. The Bertz CT molecular complexity index is 323. The van der Waals surface area contributed by atoms with Crippen LogP contribution in [0.5, 0.6) is 0 Å². The Morgan fingerprint density at radius 1 is 1.29 bits per heavy atom. The molecule has 1 aromatic heterocycles. The molecular formula is C13H21N3S. The van der Waals surface area contributed by atoms with Gasteiger partial charge in [0.05, 0.1) is 5.69 Å². The zero-order chi connectivity index (χ0) is 12.0. The monoisotopic (exact) mass is 251 g/mol. The fraction of sp³-hybridized carbons (Fsp3) is 0.692. The Labute approximate surface area is 108 Å². The molecule has 1 aliphatic carbocycles. The van der Waals surface area contributed by atoms with Crippen molar-refractivity contribution in [3.8, 4) is 0 Å². The Morgan fingerprint density at radius 3 is 2.76 bits per heavy atom. The van der Waals surface area contributed by atoms with E-state index in [4.69, 9.17) is 0 Å². The normalized spacial score (nSPS) is 19.1. The van der Waals surface area contributed by atoms with Gasteiger partial charge in [-0.3, -0.25) is 9.97 Å². The van der Waals surface area contributed by atoms with Gasteiger partial charge in [0, 0.05) is 36.4 Å². The maximum absolute atomic E-state index is 4.28. The van der Waals surface area contributed by atoms with E-state index in [1.807, 2.05) is 18.0 Å². The minimum Gasteiger partial charge on any atom is -0.310 e. The topological polar surface area (TPSA) is 37.8 Å². The zero-order valence-electron chi connectivity index (χ0n) is 10.5. The molecule has 0 aliphatic heterocycles. The van der Waals surface area contributed by atoms with E-state index in [0.717, 1.165) is 18.8 Å². The largest absolute Gasteiger partial charge is 0.310 e. The minimum absolute atomic E-state index is 0.459. The molecule has 1 saturated carbocycles. The van der Waals surface area contributed by atoms with Crippen LogP contribution in [0.25, 0.3) is 0 Å². The van der Waals surface area contributed by atoms with Crippen molar-refractivity contribution in [3.05, 3.63) is 24.3 Å². The van der Waals surface area contributed by atoms with E-state index in [-0.39, 0.29) is 0 Å². The molecule has 4 heteroatoms. The Hall–Kier alpha value is -0.610. The van der Waals surface area contributed by atoms with Gasteiger partial charge in [-0.1, -0.05) is 19.3 Å². The van der Waals surface area contributed by atoms with Crippen LogP contribution in [-0.2, 0) is 6.54 Å². The van der Waals surface area contributed by atoms with Gasteiger partial charge in [0.25, 0.3) is 0 Å². The first-order valence-electron chi connectivity index (χ1n) is 6.35. The molecule has 0 amide bonds. The van der Waals surface area contributed by atoms with Crippen molar-refractivity contribution in [2.45, 2.75) is 43.4 Å². The van der Waals surface area contributed by atoms with Gasteiger partial charge in [-0.25, -0.2) is 0 Å². The highest BCUT2D eigenvalue weighted by molar-refractivity contribution is 8.00. The molecule has 1 aliphatic rings. The molecule has 17 heavy (non-hydrogen) atoms. The second-order valence-corrected chi connectivity index (χ2v) is 6.02. The van der Waals surface area contributed by atoms with Crippen LogP contribution in [0.1, 0.15) is 37.8 Å². The summed E-state index contributed by atoms with van der Waals surface area (Å²) >= 11 is 2.03. The molecule has 3 nitrogen and oxygen atoms in total. The van der Waals surface area contributed by atoms with Gasteiger partial charge in [0.2, 0.25) is 0 Å². The van der Waals surface area contributed by atoms with E-state index in [1.165, 1.54) is 32.1 Å². The highest BCUT2D eigenvalue weighted by Gasteiger charge is 2.30. The van der Waals surface area contributed by atoms with Crippen LogP contribution in [-0.4, -0.2) is 27.5 Å². The molecule has 1 N–H and O–H groups in total. The van der Waals surface area contributed by atoms with Gasteiger partial charge in [-0.2, -0.15) is 11.8 Å². The van der Waals surface area contributed by atoms with Crippen molar-refractivity contribution in [3.63, 3.8) is 0 Å². The number of nitrogens with zero attached hydrogens (tertiary/aromatic N) is 2. The van der Waals surface area contributed by atoms with Crippen LogP contribution in [0.4, 0.5) is 0 Å². The number of aromatic nitrogens is 2. The molecule has 0 aromatic carbocycles. The molecule has 2 rings (SSSR count). The van der Waals surface area contributed by atoms with Crippen molar-refractivity contribution in [1.82, 2.24) is 15.3 Å². The lowest BCUT2D eigenvalue weighted by Crippen LogP contribution is -2.39. The van der Waals surface area contributed by atoms with E-state index in [9.17, 15) is 0 Å². The first kappa shape index (κ1) is 12.8. The van der Waals surface area contributed by atoms with E-state index < -0.39 is 0 Å². The molecule has 1 fully saturated rings. The molecular weight excluding hydrogens is 230 g/mol. The number of thioether (sulfide) groups is 1. The van der Waals surface area contributed by atoms with Crippen LogP contribution < -0.4 is 5.32 Å². The van der Waals surface area contributed by atoms with Gasteiger partial charge >= 0.3 is 0 Å². The maximum atomic E-state index is 4.28. The summed E-state index contributed by atoms with van der Waals surface area (Å²) in [5, 5.41) is 3.54. The van der Waals surface area contributed by atoms with Crippen molar-refractivity contribution in [2.24, 2.45) is 0 Å². The van der Waals surface area contributed by atoms with E-state index in [2.05, 4.69) is 21.5 Å². The number of hydrogen-bond donors (Lipinski definition) is 1. The first-order chi connectivity index (χ1) is 8.35. The molecule has 0 saturated heterocycles. The summed E-state index contributed by atoms with van der Waals surface area (Å²) in [7, 11) is 0. The summed E-state index contributed by atoms with van der Waals surface area (Å²) < 4.78 is 0.459. The molecule has 0 bridgehead atoms. The fourth-order valence-corrected chi connectivity index (χ4v) is 3.43. The van der Waals surface area contributed by atoms with Gasteiger partial charge in [-0.05, 0) is 19.1 Å². The molecule has 0 unspecified atom stereocenters. The smallest absolute Gasteiger partial charge is 0.0724 e. The predicted octanol–water partition coefficient (Wildman–Crippen LogP) is 2.63. The second-order valence-electron chi connectivity index (χ2n) is 4.75. The molecule has 0 radical (unpaired) electrons. The fourth-order valence-electron chi connectivity index (χ4n) is 2.49. The van der Waals surface area contributed by atoms with Gasteiger partial charge in [0.1, 0.15) is 0 Å². The van der Waals surface area contributed by atoms with Crippen LogP contribution in [0.3, 0.4) is 0 Å². The highest BCUT2D eigenvalue weighted by Crippen LogP contribution is 2.37. The molecule has 1 aromatic rings. The summed E-state index contributed by atoms with van der Waals surface area (Å²) in [6.45, 7) is 1.92. The number of hydrogen-bond acceptors (Lipinski definition) is 4. The standard InChI is InChI=1S/C13H21N3S/c1-17-13(5-3-2-4-6-13)11-15-10-12-9-14-7-8-16-12/h7-9,15H,2-6,10-11H2,1H3. The number of nitrogens with one attached hydrogen (secondary N) is 1. The summed E-state index contributed by atoms with van der Waals surface area (Å²) in [5.41, 5.74) is 1.03. The summed E-state index contributed by atoms with van der Waals surface area (Å²) in [6, 6.07) is 0. The third kappa shape index (κ3) is 3.68. The van der Waals surface area contributed by atoms with Crippen molar-refractivity contribution < 1.29 is 0 Å². The van der Waals surface area contributed by atoms with Gasteiger partial charge in [-0.15, -0.1) is 0 Å². The van der Waals surface area contributed by atoms with Crippen molar-refractivity contribution >= 4 is 11.8 Å². The van der Waals surface area contributed by atoms with Crippen LogP contribution in [0.15, 0.2) is 18.6 Å². The average Bonchev–Trinajstić information content (AvgIpc) is 2.41. The SMILES string of the molecule is CSC1(CNCc2cnccn2)CCCCC1. The Balaban J connectivity index is 1.80. The van der Waals surface area contributed by atoms with Crippen LogP contribution >= 0.6 is 11.8 Å². The highest BCUT2D eigenvalue weighted by atomic mass is 32.2. The maximum Gasteiger partial charge on any atom is 0.0724 e. The molecule has 94 valence electrons. The molecule has 0 spiro atoms. The Kier molecular flexibility index (Phi) is 4.80. The van der Waals surface area contributed by atoms with Crippen LogP contribution in [0.2, 0.25) is 0 Å². The Morgan fingerprint density at radius 2 is 2.12 bits per heavy atom. The average molecular weight is 251 g/mol. The minimum atomic E-state index is 0.459. The first-order valence-corrected chi connectivity index (χ1v) is 7.58. The predicted molar refractivity (Wildman–Crippen MR) is 73.1 cm³/mol. The molecule has 1 heterocycles. The lowest BCUT2D eigenvalue weighted by Gasteiger charge is -2.36. The van der Waals surface area contributed by atoms with E-state index in [0.29, 0.717) is 4.75 Å². The van der Waals surface area contributed by atoms with Crippen LogP contribution in [0, 0.1) is 0 Å². The summed E-state index contributed by atoms with van der Waals surface area (Å²) in [5.74, 6) is 0. The third-order valence-electron chi connectivity index (χ3n) is 3.57. The summed E-state index contributed by atoms with van der Waals surface area (Å²) in [6.07, 6.45) is 14.4. The van der Waals surface area contributed by atoms with Crippen molar-refractivity contribution in [2.75, 3.05) is 12.8 Å². The van der Waals surface area contributed by atoms with Crippen molar-refractivity contribution in [1.29, 1.82) is 0 Å². The molecule has 0 atom stereocenters. The third-order valence-corrected chi connectivity index (χ3v) is 4.99. The van der Waals surface area contributed by atoms with Gasteiger partial charge < -0.3 is 5.32 Å². The van der Waals surface area contributed by atoms with E-state index >= 15 is 0 Å². The second kappa shape index (κ2) is 6.36. The van der Waals surface area contributed by atoms with E-state index in [1.54, 1.807) is 12.4 Å². The lowest BCUT2D eigenvalue weighted by atomic mass is 9.88.